The van der Waals surface area contributed by atoms with Gasteiger partial charge in [0.2, 0.25) is 0 Å². The van der Waals surface area contributed by atoms with Gasteiger partial charge in [-0.15, -0.1) is 0 Å². The van der Waals surface area contributed by atoms with Gasteiger partial charge in [0.1, 0.15) is 5.75 Å². The average molecular weight is 377 g/mol. The van der Waals surface area contributed by atoms with Crippen LogP contribution in [0.1, 0.15) is 26.7 Å². The van der Waals surface area contributed by atoms with Gasteiger partial charge >= 0.3 is 0 Å². The molecule has 1 aromatic carbocycles. The lowest BCUT2D eigenvalue weighted by atomic mass is 10.2. The summed E-state index contributed by atoms with van der Waals surface area (Å²) in [6.07, 6.45) is 2.26. The number of unbranched alkanes of at least 4 members (excludes halogenated alkanes) is 1. The van der Waals surface area contributed by atoms with Crippen LogP contribution < -0.4 is 15.4 Å². The summed E-state index contributed by atoms with van der Waals surface area (Å²) in [7, 11) is 1.81. The van der Waals surface area contributed by atoms with Crippen molar-refractivity contribution in [3.63, 3.8) is 0 Å². The molecular formula is C21H36N4O2. The molecule has 1 aromatic rings. The Bertz CT molecular complexity index is 536. The molecule has 1 heterocycles. The molecule has 0 aliphatic carbocycles. The molecule has 0 spiro atoms. The van der Waals surface area contributed by atoms with E-state index < -0.39 is 0 Å². The molecule has 1 unspecified atom stereocenters. The summed E-state index contributed by atoms with van der Waals surface area (Å²) in [5, 5.41) is 6.75. The van der Waals surface area contributed by atoms with Gasteiger partial charge in [-0.05, 0) is 30.9 Å². The number of aliphatic imine (C=N–C) groups is 1. The first-order chi connectivity index (χ1) is 13.2. The van der Waals surface area contributed by atoms with Gasteiger partial charge in [-0.25, -0.2) is 0 Å². The Labute approximate surface area is 164 Å². The van der Waals surface area contributed by atoms with Crippen molar-refractivity contribution in [1.82, 2.24) is 15.5 Å². The molecule has 2 rings (SSSR count). The van der Waals surface area contributed by atoms with Crippen LogP contribution in [-0.4, -0.2) is 69.9 Å². The number of para-hydroxylation sites is 1. The fourth-order valence-electron chi connectivity index (χ4n) is 3.16. The van der Waals surface area contributed by atoms with E-state index in [4.69, 9.17) is 9.47 Å². The summed E-state index contributed by atoms with van der Waals surface area (Å²) >= 11 is 0. The van der Waals surface area contributed by atoms with Crippen molar-refractivity contribution in [2.45, 2.75) is 32.8 Å². The van der Waals surface area contributed by atoms with Gasteiger partial charge in [-0.3, -0.25) is 9.89 Å². The number of ether oxygens (including phenoxy) is 2. The molecular weight excluding hydrogens is 340 g/mol. The normalized spacial score (nSPS) is 18.5. The van der Waals surface area contributed by atoms with Gasteiger partial charge in [-0.2, -0.15) is 0 Å². The number of morpholine rings is 1. The first-order valence-electron chi connectivity index (χ1n) is 10.1. The quantitative estimate of drug-likeness (QED) is 0.373. The van der Waals surface area contributed by atoms with Gasteiger partial charge in [0.25, 0.3) is 0 Å². The van der Waals surface area contributed by atoms with Gasteiger partial charge in [0, 0.05) is 39.8 Å². The monoisotopic (exact) mass is 376 g/mol. The van der Waals surface area contributed by atoms with Crippen LogP contribution in [0.15, 0.2) is 35.3 Å². The molecule has 0 aromatic heterocycles. The Morgan fingerprint density at radius 2 is 2.07 bits per heavy atom. The van der Waals surface area contributed by atoms with Crippen molar-refractivity contribution in [3.05, 3.63) is 30.3 Å². The average Bonchev–Trinajstić information content (AvgIpc) is 2.67. The highest BCUT2D eigenvalue weighted by molar-refractivity contribution is 5.79. The van der Waals surface area contributed by atoms with E-state index in [1.807, 2.05) is 30.3 Å². The third-order valence-electron chi connectivity index (χ3n) is 4.44. The zero-order valence-electron chi connectivity index (χ0n) is 17.1. The van der Waals surface area contributed by atoms with Gasteiger partial charge < -0.3 is 20.1 Å². The van der Waals surface area contributed by atoms with Gasteiger partial charge in [0.15, 0.2) is 5.96 Å². The summed E-state index contributed by atoms with van der Waals surface area (Å²) in [5.74, 6) is 2.46. The molecule has 0 radical (unpaired) electrons. The van der Waals surface area contributed by atoms with E-state index >= 15 is 0 Å². The maximum atomic E-state index is 5.88. The van der Waals surface area contributed by atoms with Crippen LogP contribution in [-0.2, 0) is 4.74 Å². The number of nitrogens with one attached hydrogen (secondary N) is 2. The van der Waals surface area contributed by atoms with E-state index in [9.17, 15) is 0 Å². The highest BCUT2D eigenvalue weighted by Gasteiger charge is 2.20. The van der Waals surface area contributed by atoms with Crippen LogP contribution in [0.3, 0.4) is 0 Å². The number of nitrogens with zero attached hydrogens (tertiary/aromatic N) is 2. The van der Waals surface area contributed by atoms with Crippen LogP contribution in [0.2, 0.25) is 0 Å². The number of hydrogen-bond donors (Lipinski definition) is 2. The molecule has 1 fully saturated rings. The third kappa shape index (κ3) is 9.11. The summed E-state index contributed by atoms with van der Waals surface area (Å²) in [5.41, 5.74) is 0. The van der Waals surface area contributed by atoms with Crippen molar-refractivity contribution in [3.8, 4) is 5.75 Å². The second-order valence-corrected chi connectivity index (χ2v) is 7.39. The number of guanidine groups is 1. The van der Waals surface area contributed by atoms with Crippen molar-refractivity contribution >= 4 is 5.96 Å². The Kier molecular flexibility index (Phi) is 10.0. The molecule has 152 valence electrons. The molecule has 6 heteroatoms. The Morgan fingerprint density at radius 1 is 1.26 bits per heavy atom. The number of rotatable bonds is 10. The molecule has 0 bridgehead atoms. The van der Waals surface area contributed by atoms with Crippen LogP contribution in [0.4, 0.5) is 0 Å². The van der Waals surface area contributed by atoms with Crippen LogP contribution in [0.25, 0.3) is 0 Å². The lowest BCUT2D eigenvalue weighted by molar-refractivity contribution is -0.0284. The first-order valence-corrected chi connectivity index (χ1v) is 10.1. The largest absolute Gasteiger partial charge is 0.494 e. The molecule has 1 saturated heterocycles. The second kappa shape index (κ2) is 12.6. The minimum Gasteiger partial charge on any atom is -0.494 e. The van der Waals surface area contributed by atoms with Crippen molar-refractivity contribution in [2.24, 2.45) is 10.9 Å². The van der Waals surface area contributed by atoms with Crippen molar-refractivity contribution in [1.29, 1.82) is 0 Å². The molecule has 0 saturated carbocycles. The maximum absolute atomic E-state index is 5.88. The first kappa shape index (κ1) is 21.5. The Balaban J connectivity index is 1.55. The standard InChI is InChI=1S/C21H36N4O2/c1-18(2)16-25-12-14-27-20(17-25)15-24-21(22-3)23-11-7-8-13-26-19-9-5-4-6-10-19/h4-6,9-10,18,20H,7-8,11-17H2,1-3H3,(H2,22,23,24). The molecule has 6 nitrogen and oxygen atoms in total. The minimum absolute atomic E-state index is 0.218. The van der Waals surface area contributed by atoms with Gasteiger partial charge in [0.05, 0.1) is 19.3 Å². The van der Waals surface area contributed by atoms with E-state index in [1.54, 1.807) is 7.05 Å². The van der Waals surface area contributed by atoms with E-state index in [1.165, 1.54) is 0 Å². The smallest absolute Gasteiger partial charge is 0.191 e. The van der Waals surface area contributed by atoms with Crippen LogP contribution >= 0.6 is 0 Å². The van der Waals surface area contributed by atoms with Gasteiger partial charge in [-0.1, -0.05) is 32.0 Å². The molecule has 1 aliphatic rings. The zero-order chi connectivity index (χ0) is 19.3. The molecule has 0 amide bonds. The highest BCUT2D eigenvalue weighted by atomic mass is 16.5. The highest BCUT2D eigenvalue weighted by Crippen LogP contribution is 2.09. The Morgan fingerprint density at radius 3 is 2.81 bits per heavy atom. The second-order valence-electron chi connectivity index (χ2n) is 7.39. The van der Waals surface area contributed by atoms with E-state index in [0.717, 1.165) is 70.5 Å². The molecule has 1 atom stereocenters. The topological polar surface area (TPSA) is 58.1 Å². The lowest BCUT2D eigenvalue weighted by Crippen LogP contribution is -2.50. The Hall–Kier alpha value is -1.79. The predicted molar refractivity (Wildman–Crippen MR) is 112 cm³/mol. The summed E-state index contributed by atoms with van der Waals surface area (Å²) in [4.78, 5) is 6.79. The van der Waals surface area contributed by atoms with Crippen LogP contribution in [0.5, 0.6) is 5.75 Å². The van der Waals surface area contributed by atoms with E-state index in [0.29, 0.717) is 5.92 Å². The van der Waals surface area contributed by atoms with Crippen molar-refractivity contribution < 1.29 is 9.47 Å². The maximum Gasteiger partial charge on any atom is 0.191 e. The fraction of sp³-hybridized carbons (Fsp3) is 0.667. The number of benzene rings is 1. The lowest BCUT2D eigenvalue weighted by Gasteiger charge is -2.34. The summed E-state index contributed by atoms with van der Waals surface area (Å²) in [6.45, 7) is 10.9. The van der Waals surface area contributed by atoms with E-state index in [2.05, 4.69) is 34.4 Å². The molecule has 2 N–H and O–H groups in total. The molecule has 1 aliphatic heterocycles. The predicted octanol–water partition coefficient (Wildman–Crippen LogP) is 2.37. The van der Waals surface area contributed by atoms with Crippen LogP contribution in [0, 0.1) is 5.92 Å². The third-order valence-corrected chi connectivity index (χ3v) is 4.44. The summed E-state index contributed by atoms with van der Waals surface area (Å²) in [6, 6.07) is 9.95. The summed E-state index contributed by atoms with van der Waals surface area (Å²) < 4.78 is 11.6. The SMILES string of the molecule is CN=C(NCCCCOc1ccccc1)NCC1CN(CC(C)C)CCO1. The minimum atomic E-state index is 0.218. The van der Waals surface area contributed by atoms with Crippen molar-refractivity contribution in [2.75, 3.05) is 53.0 Å². The zero-order valence-corrected chi connectivity index (χ0v) is 17.1. The molecule has 27 heavy (non-hydrogen) atoms. The fourth-order valence-corrected chi connectivity index (χ4v) is 3.16. The number of hydrogen-bond acceptors (Lipinski definition) is 4. The van der Waals surface area contributed by atoms with E-state index in [-0.39, 0.29) is 6.10 Å².